The number of para-hydroxylation sites is 1. The molecule has 0 unspecified atom stereocenters. The number of amides is 1. The molecule has 4 rings (SSSR count). The molecular formula is C23H27N3O5S. The van der Waals surface area contributed by atoms with Gasteiger partial charge < -0.3 is 19.4 Å². The summed E-state index contributed by atoms with van der Waals surface area (Å²) in [5.41, 5.74) is 2.17. The fourth-order valence-electron chi connectivity index (χ4n) is 4.04. The Hall–Kier alpha value is -3.04. The van der Waals surface area contributed by atoms with Gasteiger partial charge in [-0.2, -0.15) is 4.31 Å². The Morgan fingerprint density at radius 3 is 2.50 bits per heavy atom. The van der Waals surface area contributed by atoms with Crippen LogP contribution in [0.5, 0.6) is 11.5 Å². The van der Waals surface area contributed by atoms with Crippen LogP contribution in [-0.4, -0.2) is 68.9 Å². The highest BCUT2D eigenvalue weighted by atomic mass is 32.2. The smallest absolute Gasteiger partial charge is 0.247 e. The first-order valence-electron chi connectivity index (χ1n) is 10.5. The summed E-state index contributed by atoms with van der Waals surface area (Å²) in [6.45, 7) is 1.19. The zero-order valence-corrected chi connectivity index (χ0v) is 19.0. The van der Waals surface area contributed by atoms with E-state index in [1.165, 1.54) is 24.6 Å². The Morgan fingerprint density at radius 2 is 1.78 bits per heavy atom. The lowest BCUT2D eigenvalue weighted by Crippen LogP contribution is -2.50. The molecule has 1 amide bonds. The molecule has 0 bridgehead atoms. The van der Waals surface area contributed by atoms with Crippen molar-refractivity contribution < 1.29 is 22.7 Å². The van der Waals surface area contributed by atoms with Crippen LogP contribution in [0.1, 0.15) is 12.0 Å². The number of carbonyl (C=O) groups is 1. The van der Waals surface area contributed by atoms with E-state index in [4.69, 9.17) is 9.47 Å². The molecule has 1 N–H and O–H groups in total. The molecule has 0 radical (unpaired) electrons. The van der Waals surface area contributed by atoms with Crippen LogP contribution in [-0.2, 0) is 21.2 Å². The highest BCUT2D eigenvalue weighted by Crippen LogP contribution is 2.31. The van der Waals surface area contributed by atoms with Crippen LogP contribution in [0.4, 0.5) is 0 Å². The standard InChI is InChI=1S/C23H27N3O5S/c1-30-18-8-9-21(31-2)22(15-18)32(28,29)26-13-11-25(12-14-26)23(27)10-7-17-16-24-20-6-4-3-5-19(17)20/h3-6,8-9,15-16,24H,7,10-14H2,1-2H3. The molecule has 32 heavy (non-hydrogen) atoms. The molecule has 8 nitrogen and oxygen atoms in total. The number of carbonyl (C=O) groups excluding carboxylic acids is 1. The Kier molecular flexibility index (Phi) is 6.38. The van der Waals surface area contributed by atoms with Gasteiger partial charge in [-0.15, -0.1) is 0 Å². The summed E-state index contributed by atoms with van der Waals surface area (Å²) in [6.07, 6.45) is 2.98. The average molecular weight is 458 g/mol. The maximum absolute atomic E-state index is 13.2. The molecule has 2 heterocycles. The number of hydrogen-bond acceptors (Lipinski definition) is 5. The van der Waals surface area contributed by atoms with E-state index in [1.54, 1.807) is 17.0 Å². The van der Waals surface area contributed by atoms with Crippen molar-refractivity contribution in [3.05, 3.63) is 54.2 Å². The Labute approximate surface area is 187 Å². The molecule has 2 aromatic carbocycles. The van der Waals surface area contributed by atoms with Gasteiger partial charge in [-0.1, -0.05) is 18.2 Å². The number of aryl methyl sites for hydroxylation is 1. The van der Waals surface area contributed by atoms with E-state index in [9.17, 15) is 13.2 Å². The van der Waals surface area contributed by atoms with Crippen LogP contribution >= 0.6 is 0 Å². The Bertz CT molecular complexity index is 1210. The monoisotopic (exact) mass is 457 g/mol. The van der Waals surface area contributed by atoms with Crippen LogP contribution in [0.15, 0.2) is 53.6 Å². The lowest BCUT2D eigenvalue weighted by Gasteiger charge is -2.34. The molecule has 1 fully saturated rings. The number of methoxy groups -OCH3 is 2. The lowest BCUT2D eigenvalue weighted by atomic mass is 10.1. The van der Waals surface area contributed by atoms with E-state index < -0.39 is 10.0 Å². The number of aromatic nitrogens is 1. The third-order valence-corrected chi connectivity index (χ3v) is 7.78. The van der Waals surface area contributed by atoms with Crippen LogP contribution in [0.3, 0.4) is 0 Å². The maximum atomic E-state index is 13.2. The van der Waals surface area contributed by atoms with Crippen molar-refractivity contribution >= 4 is 26.8 Å². The van der Waals surface area contributed by atoms with Crippen molar-refractivity contribution in [1.29, 1.82) is 0 Å². The maximum Gasteiger partial charge on any atom is 0.247 e. The van der Waals surface area contributed by atoms with Crippen molar-refractivity contribution in [3.8, 4) is 11.5 Å². The van der Waals surface area contributed by atoms with Gasteiger partial charge in [0, 0.05) is 55.8 Å². The SMILES string of the molecule is COc1ccc(OC)c(S(=O)(=O)N2CCN(C(=O)CCc3c[nH]c4ccccc34)CC2)c1. The summed E-state index contributed by atoms with van der Waals surface area (Å²) in [5, 5.41) is 1.13. The Morgan fingerprint density at radius 1 is 1.03 bits per heavy atom. The number of piperazine rings is 1. The molecule has 0 saturated carbocycles. The third-order valence-electron chi connectivity index (χ3n) is 5.86. The second-order valence-electron chi connectivity index (χ2n) is 7.66. The summed E-state index contributed by atoms with van der Waals surface area (Å²) in [7, 11) is -0.852. The van der Waals surface area contributed by atoms with Gasteiger partial charge in [0.1, 0.15) is 16.4 Å². The number of nitrogens with zero attached hydrogens (tertiary/aromatic N) is 2. The van der Waals surface area contributed by atoms with E-state index in [0.29, 0.717) is 31.7 Å². The number of H-pyrrole nitrogens is 1. The van der Waals surface area contributed by atoms with Crippen LogP contribution in [0, 0.1) is 0 Å². The van der Waals surface area contributed by atoms with Gasteiger partial charge in [0.2, 0.25) is 15.9 Å². The van der Waals surface area contributed by atoms with Gasteiger partial charge in [-0.05, 0) is 30.2 Å². The van der Waals surface area contributed by atoms with Crippen molar-refractivity contribution in [2.75, 3.05) is 40.4 Å². The van der Waals surface area contributed by atoms with Gasteiger partial charge in [0.15, 0.2) is 0 Å². The molecule has 0 atom stereocenters. The molecule has 1 aliphatic heterocycles. The van der Waals surface area contributed by atoms with E-state index in [-0.39, 0.29) is 29.6 Å². The van der Waals surface area contributed by atoms with Crippen molar-refractivity contribution in [1.82, 2.24) is 14.2 Å². The van der Waals surface area contributed by atoms with Gasteiger partial charge >= 0.3 is 0 Å². The van der Waals surface area contributed by atoms with Gasteiger partial charge in [0.25, 0.3) is 0 Å². The van der Waals surface area contributed by atoms with Gasteiger partial charge in [0.05, 0.1) is 14.2 Å². The molecule has 1 aliphatic rings. The first-order chi connectivity index (χ1) is 15.4. The number of fused-ring (bicyclic) bond motifs is 1. The number of benzene rings is 2. The zero-order chi connectivity index (χ0) is 22.7. The molecular weight excluding hydrogens is 430 g/mol. The minimum Gasteiger partial charge on any atom is -0.497 e. The van der Waals surface area contributed by atoms with Crippen molar-refractivity contribution in [2.24, 2.45) is 0 Å². The first kappa shape index (κ1) is 22.2. The second kappa shape index (κ2) is 9.22. The second-order valence-corrected chi connectivity index (χ2v) is 9.57. The molecule has 1 saturated heterocycles. The topological polar surface area (TPSA) is 91.9 Å². The summed E-state index contributed by atoms with van der Waals surface area (Å²) < 4.78 is 38.2. The predicted molar refractivity (Wildman–Crippen MR) is 122 cm³/mol. The lowest BCUT2D eigenvalue weighted by molar-refractivity contribution is -0.132. The van der Waals surface area contributed by atoms with Crippen molar-refractivity contribution in [2.45, 2.75) is 17.7 Å². The van der Waals surface area contributed by atoms with Crippen LogP contribution < -0.4 is 9.47 Å². The fourth-order valence-corrected chi connectivity index (χ4v) is 5.63. The van der Waals surface area contributed by atoms with E-state index in [0.717, 1.165) is 16.5 Å². The summed E-state index contributed by atoms with van der Waals surface area (Å²) in [4.78, 5) is 17.8. The normalized spacial score (nSPS) is 15.1. The summed E-state index contributed by atoms with van der Waals surface area (Å²) >= 11 is 0. The zero-order valence-electron chi connectivity index (χ0n) is 18.2. The van der Waals surface area contributed by atoms with Gasteiger partial charge in [-0.25, -0.2) is 8.42 Å². The molecule has 1 aromatic heterocycles. The Balaban J connectivity index is 1.39. The first-order valence-corrected chi connectivity index (χ1v) is 11.9. The number of sulfonamides is 1. The number of nitrogens with one attached hydrogen (secondary N) is 1. The average Bonchev–Trinajstić information content (AvgIpc) is 3.25. The molecule has 9 heteroatoms. The van der Waals surface area contributed by atoms with E-state index in [1.807, 2.05) is 30.5 Å². The molecule has 3 aromatic rings. The van der Waals surface area contributed by atoms with Crippen LogP contribution in [0.2, 0.25) is 0 Å². The highest BCUT2D eigenvalue weighted by Gasteiger charge is 2.32. The van der Waals surface area contributed by atoms with E-state index in [2.05, 4.69) is 4.98 Å². The number of ether oxygens (including phenoxy) is 2. The molecule has 0 aliphatic carbocycles. The minimum absolute atomic E-state index is 0.0336. The fraction of sp³-hybridized carbons (Fsp3) is 0.348. The number of aromatic amines is 1. The van der Waals surface area contributed by atoms with Crippen LogP contribution in [0.25, 0.3) is 10.9 Å². The predicted octanol–water partition coefficient (Wildman–Crippen LogP) is 2.65. The minimum atomic E-state index is -3.77. The third kappa shape index (κ3) is 4.31. The summed E-state index contributed by atoms with van der Waals surface area (Å²) in [6, 6.07) is 12.7. The van der Waals surface area contributed by atoms with Crippen molar-refractivity contribution in [3.63, 3.8) is 0 Å². The quantitative estimate of drug-likeness (QED) is 0.589. The summed E-state index contributed by atoms with van der Waals surface area (Å²) in [5.74, 6) is 0.741. The van der Waals surface area contributed by atoms with Gasteiger partial charge in [-0.3, -0.25) is 4.79 Å². The number of hydrogen-bond donors (Lipinski definition) is 1. The molecule has 170 valence electrons. The highest BCUT2D eigenvalue weighted by molar-refractivity contribution is 7.89. The molecule has 0 spiro atoms. The largest absolute Gasteiger partial charge is 0.497 e. The van der Waals surface area contributed by atoms with E-state index >= 15 is 0 Å². The number of rotatable bonds is 7.